The summed E-state index contributed by atoms with van der Waals surface area (Å²) >= 11 is 0. The van der Waals surface area contributed by atoms with Crippen molar-refractivity contribution < 1.29 is 0 Å². The van der Waals surface area contributed by atoms with E-state index >= 15 is 0 Å². The SMILES string of the molecule is NCC1CCCC(c2ccccn2)C1. The fraction of sp³-hybridized carbons (Fsp3) is 0.583. The maximum atomic E-state index is 5.72. The maximum Gasteiger partial charge on any atom is 0.0434 e. The van der Waals surface area contributed by atoms with Gasteiger partial charge in [0.2, 0.25) is 0 Å². The van der Waals surface area contributed by atoms with Crippen molar-refractivity contribution in [1.82, 2.24) is 4.98 Å². The molecule has 0 aliphatic heterocycles. The molecule has 0 spiro atoms. The summed E-state index contributed by atoms with van der Waals surface area (Å²) in [6.45, 7) is 0.837. The first kappa shape index (κ1) is 9.66. The van der Waals surface area contributed by atoms with Gasteiger partial charge in [-0.2, -0.15) is 0 Å². The quantitative estimate of drug-likeness (QED) is 0.777. The third-order valence-corrected chi connectivity index (χ3v) is 3.22. The normalized spacial score (nSPS) is 27.5. The Labute approximate surface area is 85.5 Å². The highest BCUT2D eigenvalue weighted by Gasteiger charge is 2.22. The van der Waals surface area contributed by atoms with Gasteiger partial charge in [0.05, 0.1) is 0 Å². The van der Waals surface area contributed by atoms with Gasteiger partial charge in [-0.1, -0.05) is 12.5 Å². The van der Waals surface area contributed by atoms with E-state index in [9.17, 15) is 0 Å². The van der Waals surface area contributed by atoms with E-state index in [1.165, 1.54) is 31.4 Å². The second-order valence-corrected chi connectivity index (χ2v) is 4.22. The lowest BCUT2D eigenvalue weighted by Crippen LogP contribution is -2.21. The molecule has 2 N–H and O–H groups in total. The second kappa shape index (κ2) is 4.56. The smallest absolute Gasteiger partial charge is 0.0434 e. The third-order valence-electron chi connectivity index (χ3n) is 3.22. The fourth-order valence-electron chi connectivity index (χ4n) is 2.39. The van der Waals surface area contributed by atoms with Crippen molar-refractivity contribution in [1.29, 1.82) is 0 Å². The van der Waals surface area contributed by atoms with Crippen LogP contribution in [0.3, 0.4) is 0 Å². The average Bonchev–Trinajstić information content (AvgIpc) is 2.30. The van der Waals surface area contributed by atoms with Gasteiger partial charge in [-0.25, -0.2) is 0 Å². The lowest BCUT2D eigenvalue weighted by Gasteiger charge is -2.27. The summed E-state index contributed by atoms with van der Waals surface area (Å²) in [7, 11) is 0. The standard InChI is InChI=1S/C12H18N2/c13-9-10-4-3-5-11(8-10)12-6-1-2-7-14-12/h1-2,6-7,10-11H,3-5,8-9,13H2. The first-order valence-electron chi connectivity index (χ1n) is 5.51. The highest BCUT2D eigenvalue weighted by atomic mass is 14.7. The van der Waals surface area contributed by atoms with Gasteiger partial charge in [-0.3, -0.25) is 4.98 Å². The largest absolute Gasteiger partial charge is 0.330 e. The molecule has 1 aliphatic rings. The molecule has 0 radical (unpaired) electrons. The van der Waals surface area contributed by atoms with Crippen molar-refractivity contribution in [2.75, 3.05) is 6.54 Å². The molecule has 1 heterocycles. The zero-order valence-corrected chi connectivity index (χ0v) is 8.52. The Morgan fingerprint density at radius 1 is 1.36 bits per heavy atom. The molecular weight excluding hydrogens is 172 g/mol. The van der Waals surface area contributed by atoms with Gasteiger partial charge in [-0.05, 0) is 43.9 Å². The molecule has 14 heavy (non-hydrogen) atoms. The van der Waals surface area contributed by atoms with Crippen LogP contribution in [0.2, 0.25) is 0 Å². The number of hydrogen-bond acceptors (Lipinski definition) is 2. The highest BCUT2D eigenvalue weighted by Crippen LogP contribution is 2.34. The molecule has 0 aromatic carbocycles. The van der Waals surface area contributed by atoms with Crippen LogP contribution in [-0.2, 0) is 0 Å². The topological polar surface area (TPSA) is 38.9 Å². The van der Waals surface area contributed by atoms with E-state index in [-0.39, 0.29) is 0 Å². The van der Waals surface area contributed by atoms with E-state index in [0.29, 0.717) is 5.92 Å². The Balaban J connectivity index is 2.04. The molecular formula is C12H18N2. The van der Waals surface area contributed by atoms with Crippen LogP contribution in [0.15, 0.2) is 24.4 Å². The first-order valence-corrected chi connectivity index (χ1v) is 5.51. The molecule has 1 aliphatic carbocycles. The molecule has 1 fully saturated rings. The van der Waals surface area contributed by atoms with Crippen LogP contribution in [0.1, 0.15) is 37.3 Å². The van der Waals surface area contributed by atoms with Gasteiger partial charge < -0.3 is 5.73 Å². The summed E-state index contributed by atoms with van der Waals surface area (Å²) in [5, 5.41) is 0. The van der Waals surface area contributed by atoms with Crippen LogP contribution >= 0.6 is 0 Å². The third kappa shape index (κ3) is 2.13. The molecule has 2 unspecified atom stereocenters. The minimum atomic E-state index is 0.651. The Bertz CT molecular complexity index is 271. The molecule has 0 bridgehead atoms. The van der Waals surface area contributed by atoms with E-state index in [4.69, 9.17) is 5.73 Å². The Hall–Kier alpha value is -0.890. The molecule has 76 valence electrons. The number of hydrogen-bond donors (Lipinski definition) is 1. The van der Waals surface area contributed by atoms with E-state index in [2.05, 4.69) is 17.1 Å². The second-order valence-electron chi connectivity index (χ2n) is 4.22. The number of aromatic nitrogens is 1. The zero-order chi connectivity index (χ0) is 9.80. The number of nitrogens with two attached hydrogens (primary N) is 1. The van der Waals surface area contributed by atoms with Crippen LogP contribution < -0.4 is 5.73 Å². The van der Waals surface area contributed by atoms with Gasteiger partial charge >= 0.3 is 0 Å². The minimum Gasteiger partial charge on any atom is -0.330 e. The predicted octanol–water partition coefficient (Wildman–Crippen LogP) is 2.31. The molecule has 1 aromatic rings. The van der Waals surface area contributed by atoms with Crippen molar-refractivity contribution in [2.24, 2.45) is 11.7 Å². The number of nitrogens with zero attached hydrogens (tertiary/aromatic N) is 1. The van der Waals surface area contributed by atoms with Crippen molar-refractivity contribution in [2.45, 2.75) is 31.6 Å². The predicted molar refractivity (Wildman–Crippen MR) is 58.0 cm³/mol. The molecule has 0 amide bonds. The van der Waals surface area contributed by atoms with E-state index in [1.807, 2.05) is 12.3 Å². The summed E-state index contributed by atoms with van der Waals surface area (Å²) in [6, 6.07) is 6.20. The Morgan fingerprint density at radius 2 is 2.29 bits per heavy atom. The van der Waals surface area contributed by atoms with E-state index in [0.717, 1.165) is 12.5 Å². The fourth-order valence-corrected chi connectivity index (χ4v) is 2.39. The van der Waals surface area contributed by atoms with Crippen molar-refractivity contribution in [3.05, 3.63) is 30.1 Å². The van der Waals surface area contributed by atoms with Gasteiger partial charge in [0.25, 0.3) is 0 Å². The van der Waals surface area contributed by atoms with Gasteiger partial charge in [0.1, 0.15) is 0 Å². The Kier molecular flexibility index (Phi) is 3.14. The van der Waals surface area contributed by atoms with Crippen LogP contribution in [-0.4, -0.2) is 11.5 Å². The number of pyridine rings is 1. The summed E-state index contributed by atoms with van der Waals surface area (Å²) in [5.74, 6) is 1.37. The molecule has 2 heteroatoms. The molecule has 1 aromatic heterocycles. The highest BCUT2D eigenvalue weighted by molar-refractivity contribution is 5.10. The summed E-state index contributed by atoms with van der Waals surface area (Å²) in [5.41, 5.74) is 6.98. The number of rotatable bonds is 2. The van der Waals surface area contributed by atoms with Crippen molar-refractivity contribution >= 4 is 0 Å². The van der Waals surface area contributed by atoms with E-state index < -0.39 is 0 Å². The van der Waals surface area contributed by atoms with Crippen LogP contribution in [0.4, 0.5) is 0 Å². The van der Waals surface area contributed by atoms with Crippen LogP contribution in [0, 0.1) is 5.92 Å². The summed E-state index contributed by atoms with van der Waals surface area (Å²) in [4.78, 5) is 4.43. The monoisotopic (exact) mass is 190 g/mol. The molecule has 2 rings (SSSR count). The van der Waals surface area contributed by atoms with E-state index in [1.54, 1.807) is 0 Å². The lowest BCUT2D eigenvalue weighted by molar-refractivity contribution is 0.325. The summed E-state index contributed by atoms with van der Waals surface area (Å²) < 4.78 is 0. The average molecular weight is 190 g/mol. The minimum absolute atomic E-state index is 0.651. The van der Waals surface area contributed by atoms with Crippen molar-refractivity contribution in [3.8, 4) is 0 Å². The Morgan fingerprint density at radius 3 is 3.00 bits per heavy atom. The molecule has 2 nitrogen and oxygen atoms in total. The first-order chi connectivity index (χ1) is 6.90. The van der Waals surface area contributed by atoms with Gasteiger partial charge in [-0.15, -0.1) is 0 Å². The molecule has 0 saturated heterocycles. The summed E-state index contributed by atoms with van der Waals surface area (Å²) in [6.07, 6.45) is 7.02. The van der Waals surface area contributed by atoms with Crippen LogP contribution in [0.25, 0.3) is 0 Å². The lowest BCUT2D eigenvalue weighted by atomic mass is 9.80. The van der Waals surface area contributed by atoms with Gasteiger partial charge in [0.15, 0.2) is 0 Å². The molecule has 2 atom stereocenters. The van der Waals surface area contributed by atoms with Crippen molar-refractivity contribution in [3.63, 3.8) is 0 Å². The molecule has 1 saturated carbocycles. The van der Waals surface area contributed by atoms with Gasteiger partial charge in [0, 0.05) is 17.8 Å². The zero-order valence-electron chi connectivity index (χ0n) is 8.52. The van der Waals surface area contributed by atoms with Crippen LogP contribution in [0.5, 0.6) is 0 Å². The maximum absolute atomic E-state index is 5.72.